The number of carboxylic acids is 2. The Hall–Kier alpha value is -2.68. The third-order valence-electron chi connectivity index (χ3n) is 3.82. The van der Waals surface area contributed by atoms with Gasteiger partial charge in [-0.1, -0.05) is 29.3 Å². The van der Waals surface area contributed by atoms with E-state index >= 15 is 0 Å². The molecule has 0 saturated heterocycles. The van der Waals surface area contributed by atoms with Crippen LogP contribution in [0.3, 0.4) is 0 Å². The number of ether oxygens (including phenoxy) is 3. The summed E-state index contributed by atoms with van der Waals surface area (Å²) in [7, 11) is 1.62. The van der Waals surface area contributed by atoms with Gasteiger partial charge in [0.05, 0.1) is 7.11 Å². The zero-order valence-electron chi connectivity index (χ0n) is 15.4. The van der Waals surface area contributed by atoms with E-state index in [0.29, 0.717) is 28.1 Å². The highest BCUT2D eigenvalue weighted by Crippen LogP contribution is 2.41. The van der Waals surface area contributed by atoms with E-state index in [0.717, 1.165) is 29.8 Å². The number of rotatable bonds is 6. The van der Waals surface area contributed by atoms with Crippen LogP contribution in [0.4, 0.5) is 0 Å². The summed E-state index contributed by atoms with van der Waals surface area (Å²) in [4.78, 5) is 18.2. The Morgan fingerprint density at radius 3 is 2.48 bits per heavy atom. The van der Waals surface area contributed by atoms with Gasteiger partial charge >= 0.3 is 11.9 Å². The van der Waals surface area contributed by atoms with Crippen molar-refractivity contribution in [2.45, 2.75) is 13.0 Å². The Labute approximate surface area is 176 Å². The van der Waals surface area contributed by atoms with E-state index in [1.54, 1.807) is 13.2 Å². The molecule has 0 radical (unpaired) electrons. The number of hydrogen-bond acceptors (Lipinski definition) is 6. The second kappa shape index (κ2) is 10.8. The van der Waals surface area contributed by atoms with Crippen molar-refractivity contribution < 1.29 is 34.0 Å². The fourth-order valence-corrected chi connectivity index (χ4v) is 2.97. The second-order valence-corrected chi connectivity index (χ2v) is 6.65. The summed E-state index contributed by atoms with van der Waals surface area (Å²) in [6, 6.07) is 9.49. The van der Waals surface area contributed by atoms with Gasteiger partial charge in [-0.2, -0.15) is 0 Å². The Balaban J connectivity index is 0.000000438. The fraction of sp³-hybridized carbons (Fsp3) is 0.263. The van der Waals surface area contributed by atoms with Gasteiger partial charge in [-0.15, -0.1) is 0 Å². The van der Waals surface area contributed by atoms with Gasteiger partial charge in [-0.3, -0.25) is 0 Å². The van der Waals surface area contributed by atoms with E-state index in [2.05, 4.69) is 5.32 Å². The van der Waals surface area contributed by atoms with Crippen molar-refractivity contribution in [2.24, 2.45) is 0 Å². The maximum Gasteiger partial charge on any atom is 0.414 e. The Kier molecular flexibility index (Phi) is 8.38. The maximum absolute atomic E-state index is 9.10. The molecule has 0 aliphatic carbocycles. The predicted octanol–water partition coefficient (Wildman–Crippen LogP) is 3.22. The lowest BCUT2D eigenvalue weighted by molar-refractivity contribution is -0.159. The van der Waals surface area contributed by atoms with Crippen molar-refractivity contribution in [1.29, 1.82) is 0 Å². The van der Waals surface area contributed by atoms with Crippen LogP contribution in [-0.2, 0) is 22.6 Å². The van der Waals surface area contributed by atoms with Crippen molar-refractivity contribution in [2.75, 3.05) is 20.4 Å². The summed E-state index contributed by atoms with van der Waals surface area (Å²) >= 11 is 12.1. The molecule has 3 N–H and O–H groups in total. The van der Waals surface area contributed by atoms with Crippen LogP contribution in [0.1, 0.15) is 11.1 Å². The fourth-order valence-electron chi connectivity index (χ4n) is 2.47. The van der Waals surface area contributed by atoms with Gasteiger partial charge in [-0.05, 0) is 48.4 Å². The molecular weight excluding hydrogens is 425 g/mol. The molecule has 0 fully saturated rings. The minimum atomic E-state index is -1.82. The summed E-state index contributed by atoms with van der Waals surface area (Å²) in [5.74, 6) is -1.56. The SMILES string of the molecule is COc1cc(CNCCc2ccc(Cl)cc2Cl)cc2c1OCO2.O=C(O)C(=O)O. The zero-order chi connectivity index (χ0) is 21.4. The monoisotopic (exact) mass is 443 g/mol. The first-order valence-electron chi connectivity index (χ1n) is 8.39. The summed E-state index contributed by atoms with van der Waals surface area (Å²) in [6.45, 7) is 1.74. The number of fused-ring (bicyclic) bond motifs is 1. The number of methoxy groups -OCH3 is 1. The molecule has 1 aliphatic rings. The van der Waals surface area contributed by atoms with Gasteiger partial charge in [0.1, 0.15) is 0 Å². The van der Waals surface area contributed by atoms with Gasteiger partial charge in [0, 0.05) is 16.6 Å². The van der Waals surface area contributed by atoms with Gasteiger partial charge in [-0.25, -0.2) is 9.59 Å². The highest BCUT2D eigenvalue weighted by atomic mass is 35.5. The molecule has 0 unspecified atom stereocenters. The van der Waals surface area contributed by atoms with Gasteiger partial charge < -0.3 is 29.7 Å². The van der Waals surface area contributed by atoms with E-state index in [9.17, 15) is 0 Å². The van der Waals surface area contributed by atoms with Gasteiger partial charge in [0.25, 0.3) is 0 Å². The predicted molar refractivity (Wildman–Crippen MR) is 106 cm³/mol. The molecule has 0 aromatic heterocycles. The summed E-state index contributed by atoms with van der Waals surface area (Å²) in [5, 5.41) is 19.5. The molecule has 29 heavy (non-hydrogen) atoms. The number of hydrogen-bond donors (Lipinski definition) is 3. The lowest BCUT2D eigenvalue weighted by Crippen LogP contribution is -2.16. The van der Waals surface area contributed by atoms with Crippen LogP contribution >= 0.6 is 23.2 Å². The van der Waals surface area contributed by atoms with Crippen LogP contribution in [0, 0.1) is 0 Å². The van der Waals surface area contributed by atoms with Crippen LogP contribution in [-0.4, -0.2) is 42.6 Å². The molecule has 0 atom stereocenters. The first-order chi connectivity index (χ1) is 13.8. The normalized spacial score (nSPS) is 11.4. The van der Waals surface area contributed by atoms with E-state index in [-0.39, 0.29) is 6.79 Å². The van der Waals surface area contributed by atoms with Gasteiger partial charge in [0.2, 0.25) is 12.5 Å². The molecule has 2 aromatic carbocycles. The maximum atomic E-state index is 9.10. The zero-order valence-corrected chi connectivity index (χ0v) is 16.9. The molecule has 0 bridgehead atoms. The first kappa shape index (κ1) is 22.6. The highest BCUT2D eigenvalue weighted by Gasteiger charge is 2.19. The lowest BCUT2D eigenvalue weighted by atomic mass is 10.1. The largest absolute Gasteiger partial charge is 0.493 e. The molecule has 8 nitrogen and oxygen atoms in total. The van der Waals surface area contributed by atoms with Crippen LogP contribution in [0.25, 0.3) is 0 Å². The van der Waals surface area contributed by atoms with Crippen LogP contribution < -0.4 is 19.5 Å². The van der Waals surface area contributed by atoms with E-state index in [1.807, 2.05) is 24.3 Å². The number of carboxylic acid groups (broad SMARTS) is 2. The molecule has 10 heteroatoms. The van der Waals surface area contributed by atoms with E-state index in [1.165, 1.54) is 0 Å². The molecule has 1 aliphatic heterocycles. The second-order valence-electron chi connectivity index (χ2n) is 5.80. The van der Waals surface area contributed by atoms with Crippen molar-refractivity contribution in [1.82, 2.24) is 5.32 Å². The Morgan fingerprint density at radius 1 is 1.14 bits per heavy atom. The van der Waals surface area contributed by atoms with Crippen LogP contribution in [0.15, 0.2) is 30.3 Å². The van der Waals surface area contributed by atoms with Crippen molar-refractivity contribution in [3.8, 4) is 17.2 Å². The van der Waals surface area contributed by atoms with Crippen LogP contribution in [0.2, 0.25) is 10.0 Å². The Bertz CT molecular complexity index is 877. The average molecular weight is 444 g/mol. The molecular formula is C19H19Cl2NO7. The quantitative estimate of drug-likeness (QED) is 0.460. The Morgan fingerprint density at radius 2 is 1.86 bits per heavy atom. The minimum absolute atomic E-state index is 0.234. The van der Waals surface area contributed by atoms with E-state index < -0.39 is 11.9 Å². The molecule has 3 rings (SSSR count). The minimum Gasteiger partial charge on any atom is -0.493 e. The van der Waals surface area contributed by atoms with E-state index in [4.69, 9.17) is 57.2 Å². The molecule has 0 amide bonds. The number of carbonyl (C=O) groups is 2. The van der Waals surface area contributed by atoms with Gasteiger partial charge in [0.15, 0.2) is 11.5 Å². The topological polar surface area (TPSA) is 114 Å². The standard InChI is InChI=1S/C17H17Cl2NO3.C2H2O4/c1-21-15-6-11(7-16-17(15)23-10-22-16)9-20-5-4-12-2-3-13(18)8-14(12)19;3-1(4)2(5)6/h2-3,6-8,20H,4-5,9-10H2,1H3;(H,3,4)(H,5,6). The highest BCUT2D eigenvalue weighted by molar-refractivity contribution is 6.35. The van der Waals surface area contributed by atoms with Crippen molar-refractivity contribution in [3.63, 3.8) is 0 Å². The summed E-state index contributed by atoms with van der Waals surface area (Å²) < 4.78 is 16.2. The summed E-state index contributed by atoms with van der Waals surface area (Å²) in [5.41, 5.74) is 2.15. The molecule has 2 aromatic rings. The van der Waals surface area contributed by atoms with Crippen molar-refractivity contribution in [3.05, 3.63) is 51.5 Å². The summed E-state index contributed by atoms with van der Waals surface area (Å²) in [6.07, 6.45) is 0.831. The molecule has 0 saturated carbocycles. The number of benzene rings is 2. The molecule has 1 heterocycles. The number of aliphatic carboxylic acids is 2. The average Bonchev–Trinajstić information content (AvgIpc) is 3.15. The first-order valence-corrected chi connectivity index (χ1v) is 9.14. The van der Waals surface area contributed by atoms with Crippen molar-refractivity contribution >= 4 is 35.1 Å². The number of halogens is 2. The third kappa shape index (κ3) is 6.70. The third-order valence-corrected chi connectivity index (χ3v) is 4.40. The van der Waals surface area contributed by atoms with Crippen LogP contribution in [0.5, 0.6) is 17.2 Å². The molecule has 0 spiro atoms. The molecule has 156 valence electrons. The lowest BCUT2D eigenvalue weighted by Gasteiger charge is -2.10. The number of nitrogens with one attached hydrogen (secondary N) is 1. The smallest absolute Gasteiger partial charge is 0.414 e.